The summed E-state index contributed by atoms with van der Waals surface area (Å²) in [7, 11) is 0. The van der Waals surface area contributed by atoms with Gasteiger partial charge in [-0.3, -0.25) is 9.69 Å². The van der Waals surface area contributed by atoms with E-state index in [2.05, 4.69) is 23.7 Å². The first-order valence-electron chi connectivity index (χ1n) is 9.48. The van der Waals surface area contributed by atoms with Crippen molar-refractivity contribution in [1.29, 1.82) is 0 Å². The minimum atomic E-state index is -0.569. The second-order valence-corrected chi connectivity index (χ2v) is 7.92. The number of likely N-dealkylation sites (tertiary alicyclic amines) is 1. The molecule has 2 heterocycles. The van der Waals surface area contributed by atoms with E-state index in [0.717, 1.165) is 30.8 Å². The Hall–Kier alpha value is -2.19. The maximum absolute atomic E-state index is 12.6. The molecular formula is C20H28N2O5S. The lowest BCUT2D eigenvalue weighted by Crippen LogP contribution is -2.39. The van der Waals surface area contributed by atoms with Crippen molar-refractivity contribution in [2.45, 2.75) is 33.6 Å². The largest absolute Gasteiger partial charge is 0.462 e. The van der Waals surface area contributed by atoms with Crippen LogP contribution in [0, 0.1) is 12.8 Å². The van der Waals surface area contributed by atoms with E-state index in [1.165, 1.54) is 12.5 Å². The number of amides is 1. The van der Waals surface area contributed by atoms with Crippen LogP contribution in [-0.4, -0.2) is 55.6 Å². The molecule has 28 heavy (non-hydrogen) atoms. The van der Waals surface area contributed by atoms with Crippen molar-refractivity contribution >= 4 is 34.2 Å². The molecule has 2 rings (SSSR count). The van der Waals surface area contributed by atoms with Gasteiger partial charge in [-0.2, -0.15) is 0 Å². The molecule has 0 bridgehead atoms. The van der Waals surface area contributed by atoms with Crippen LogP contribution in [0.5, 0.6) is 0 Å². The van der Waals surface area contributed by atoms with Gasteiger partial charge in [0, 0.05) is 6.54 Å². The summed E-state index contributed by atoms with van der Waals surface area (Å²) in [5.41, 5.74) is 0.650. The number of rotatable bonds is 8. The number of anilines is 1. The fourth-order valence-electron chi connectivity index (χ4n) is 3.25. The predicted molar refractivity (Wildman–Crippen MR) is 109 cm³/mol. The Morgan fingerprint density at radius 1 is 1.32 bits per heavy atom. The topological polar surface area (TPSA) is 84.9 Å². The van der Waals surface area contributed by atoms with Gasteiger partial charge in [-0.15, -0.1) is 11.3 Å². The van der Waals surface area contributed by atoms with Crippen LogP contribution >= 0.6 is 11.3 Å². The summed E-state index contributed by atoms with van der Waals surface area (Å²) in [6.07, 6.45) is 3.71. The lowest BCUT2D eigenvalue weighted by atomic mass is 10.0. The Morgan fingerprint density at radius 3 is 2.71 bits per heavy atom. The molecule has 0 aromatic carbocycles. The minimum Gasteiger partial charge on any atom is -0.462 e. The van der Waals surface area contributed by atoms with Crippen LogP contribution in [0.2, 0.25) is 0 Å². The van der Waals surface area contributed by atoms with E-state index >= 15 is 0 Å². The van der Waals surface area contributed by atoms with Crippen LogP contribution in [0.3, 0.4) is 0 Å². The van der Waals surface area contributed by atoms with Crippen molar-refractivity contribution in [3.8, 4) is 0 Å². The second-order valence-electron chi connectivity index (χ2n) is 6.90. The third kappa shape index (κ3) is 5.65. The van der Waals surface area contributed by atoms with Crippen molar-refractivity contribution in [3.63, 3.8) is 0 Å². The van der Waals surface area contributed by atoms with E-state index in [1.54, 1.807) is 13.8 Å². The van der Waals surface area contributed by atoms with Gasteiger partial charge in [0.2, 0.25) is 5.91 Å². The quantitative estimate of drug-likeness (QED) is 0.525. The van der Waals surface area contributed by atoms with Crippen LogP contribution in [0.4, 0.5) is 5.00 Å². The number of hydrogen-bond acceptors (Lipinski definition) is 7. The monoisotopic (exact) mass is 408 g/mol. The summed E-state index contributed by atoms with van der Waals surface area (Å²) in [4.78, 5) is 39.6. The molecule has 0 aliphatic carbocycles. The van der Waals surface area contributed by atoms with Gasteiger partial charge in [0.15, 0.2) is 0 Å². The molecule has 1 aromatic heterocycles. The molecule has 1 aromatic rings. The zero-order valence-electron chi connectivity index (χ0n) is 16.7. The van der Waals surface area contributed by atoms with E-state index in [1.807, 2.05) is 0 Å². The third-order valence-electron chi connectivity index (χ3n) is 4.51. The van der Waals surface area contributed by atoms with Crippen LogP contribution in [0.25, 0.3) is 0 Å². The number of carbonyl (C=O) groups excluding carboxylic acids is 3. The number of hydrogen-bond donors (Lipinski definition) is 1. The summed E-state index contributed by atoms with van der Waals surface area (Å²) in [6.45, 7) is 11.3. The maximum Gasteiger partial charge on any atom is 0.348 e. The Kier molecular flexibility index (Phi) is 8.19. The number of nitrogens with zero attached hydrogens (tertiary/aromatic N) is 1. The molecule has 1 fully saturated rings. The lowest BCUT2D eigenvalue weighted by Gasteiger charge is -2.30. The molecule has 1 saturated heterocycles. The van der Waals surface area contributed by atoms with E-state index < -0.39 is 11.9 Å². The molecule has 1 aliphatic rings. The van der Waals surface area contributed by atoms with Gasteiger partial charge in [-0.1, -0.05) is 19.6 Å². The van der Waals surface area contributed by atoms with Gasteiger partial charge in [0.1, 0.15) is 16.5 Å². The molecule has 1 atom stereocenters. The molecular weight excluding hydrogens is 380 g/mol. The fraction of sp³-hybridized carbons (Fsp3) is 0.550. The van der Waals surface area contributed by atoms with Crippen molar-refractivity contribution in [2.24, 2.45) is 5.92 Å². The number of thiophene rings is 1. The van der Waals surface area contributed by atoms with E-state index in [-0.39, 0.29) is 36.1 Å². The molecule has 0 radical (unpaired) electrons. The van der Waals surface area contributed by atoms with Crippen LogP contribution in [-0.2, 0) is 14.3 Å². The third-order valence-corrected chi connectivity index (χ3v) is 5.69. The lowest BCUT2D eigenvalue weighted by molar-refractivity contribution is -0.117. The van der Waals surface area contributed by atoms with Gasteiger partial charge in [0.05, 0.1) is 18.7 Å². The van der Waals surface area contributed by atoms with Crippen LogP contribution in [0.15, 0.2) is 12.7 Å². The maximum atomic E-state index is 12.6. The Labute approximate surface area is 169 Å². The van der Waals surface area contributed by atoms with E-state index in [9.17, 15) is 14.4 Å². The van der Waals surface area contributed by atoms with Crippen LogP contribution < -0.4 is 5.32 Å². The van der Waals surface area contributed by atoms with Gasteiger partial charge in [-0.05, 0) is 44.7 Å². The predicted octanol–water partition coefficient (Wildman–Crippen LogP) is 3.25. The van der Waals surface area contributed by atoms with E-state index in [0.29, 0.717) is 16.5 Å². The Morgan fingerprint density at radius 2 is 2.07 bits per heavy atom. The number of ether oxygens (including phenoxy) is 2. The number of esters is 2. The first-order chi connectivity index (χ1) is 13.4. The molecule has 1 aliphatic heterocycles. The summed E-state index contributed by atoms with van der Waals surface area (Å²) in [6, 6.07) is 0. The zero-order valence-corrected chi connectivity index (χ0v) is 17.5. The molecule has 1 amide bonds. The highest BCUT2D eigenvalue weighted by Crippen LogP contribution is 2.34. The number of piperidine rings is 1. The summed E-state index contributed by atoms with van der Waals surface area (Å²) in [5, 5.41) is 3.11. The van der Waals surface area contributed by atoms with Crippen molar-refractivity contribution in [2.75, 3.05) is 38.2 Å². The highest BCUT2D eigenvalue weighted by molar-refractivity contribution is 7.18. The Bertz CT molecular complexity index is 743. The number of carbonyl (C=O) groups is 3. The van der Waals surface area contributed by atoms with Gasteiger partial charge in [-0.25, -0.2) is 9.59 Å². The molecule has 0 saturated carbocycles. The summed E-state index contributed by atoms with van der Waals surface area (Å²) >= 11 is 1.03. The number of nitrogens with one attached hydrogen (secondary N) is 1. The molecule has 1 unspecified atom stereocenters. The normalized spacial score (nSPS) is 17.0. The minimum absolute atomic E-state index is 0.0692. The van der Waals surface area contributed by atoms with E-state index in [4.69, 9.17) is 9.47 Å². The average Bonchev–Trinajstić information content (AvgIpc) is 2.95. The molecule has 154 valence electrons. The van der Waals surface area contributed by atoms with Crippen molar-refractivity contribution < 1.29 is 23.9 Å². The van der Waals surface area contributed by atoms with Crippen molar-refractivity contribution in [3.05, 3.63) is 28.7 Å². The van der Waals surface area contributed by atoms with Gasteiger partial charge in [0.25, 0.3) is 0 Å². The molecule has 8 heteroatoms. The average molecular weight is 409 g/mol. The second kappa shape index (κ2) is 10.4. The molecule has 7 nitrogen and oxygen atoms in total. The molecule has 1 N–H and O–H groups in total. The highest BCUT2D eigenvalue weighted by Gasteiger charge is 2.28. The SMILES string of the molecule is C=CCOC(=O)c1sc(NC(=O)CN2CCCC(C)C2)c(C(=O)OCC)c1C. The highest BCUT2D eigenvalue weighted by atomic mass is 32.1. The smallest absolute Gasteiger partial charge is 0.348 e. The Balaban J connectivity index is 2.20. The standard InChI is InChI=1S/C20H28N2O5S/c1-5-10-27-20(25)17-14(4)16(19(24)26-6-2)18(28-17)21-15(23)12-22-9-7-8-13(3)11-22/h5,13H,1,6-12H2,2-4H3,(H,21,23). The van der Waals surface area contributed by atoms with Gasteiger partial charge < -0.3 is 14.8 Å². The first-order valence-corrected chi connectivity index (χ1v) is 10.3. The van der Waals surface area contributed by atoms with Gasteiger partial charge >= 0.3 is 11.9 Å². The summed E-state index contributed by atoms with van der Waals surface area (Å²) < 4.78 is 10.2. The fourth-order valence-corrected chi connectivity index (χ4v) is 4.35. The zero-order chi connectivity index (χ0) is 20.7. The van der Waals surface area contributed by atoms with Crippen molar-refractivity contribution in [1.82, 2.24) is 4.90 Å². The summed E-state index contributed by atoms with van der Waals surface area (Å²) in [5.74, 6) is -0.780. The van der Waals surface area contributed by atoms with Crippen LogP contribution in [0.1, 0.15) is 52.3 Å². The first kappa shape index (κ1) is 22.1. The molecule has 0 spiro atoms.